The molecule has 5 heteroatoms. The zero-order valence-corrected chi connectivity index (χ0v) is 25.0. The third kappa shape index (κ3) is 5.51. The van der Waals surface area contributed by atoms with Crippen LogP contribution in [-0.2, 0) is 21.0 Å². The second-order valence-corrected chi connectivity index (χ2v) is 13.9. The van der Waals surface area contributed by atoms with Crippen LogP contribution < -0.4 is 0 Å². The summed E-state index contributed by atoms with van der Waals surface area (Å²) < 4.78 is 34.3. The summed E-state index contributed by atoms with van der Waals surface area (Å²) in [5.41, 5.74) is 1.40. The summed E-state index contributed by atoms with van der Waals surface area (Å²) >= 11 is 0. The molecule has 0 radical (unpaired) electrons. The number of benzene rings is 7. The first-order chi connectivity index (χ1) is 20.3. The standard InChI is InChI=1S/C21H21S.C16H10O3S/c1-17(2)18-13-15-21(16-14-18)22(19-9-5-3-6-10-19)20-11-7-4-8-12-20;17-20(18,19)14-9-7-12-5-4-10-2-1-3-11-6-8-13(14)16(12)15(10)11/h3-17H,1-2H3;1-9H,(H,17,18,19)/q+1;/p-1. The summed E-state index contributed by atoms with van der Waals surface area (Å²) in [6.45, 7) is 4.48. The molecule has 7 aromatic rings. The van der Waals surface area contributed by atoms with Gasteiger partial charge in [-0.2, -0.15) is 0 Å². The van der Waals surface area contributed by atoms with Crippen molar-refractivity contribution in [1.29, 1.82) is 0 Å². The Kier molecular flexibility index (Phi) is 7.74. The van der Waals surface area contributed by atoms with Crippen molar-refractivity contribution in [2.45, 2.75) is 39.3 Å². The molecule has 0 bridgehead atoms. The zero-order chi connectivity index (χ0) is 29.3. The van der Waals surface area contributed by atoms with Gasteiger partial charge in [-0.3, -0.25) is 0 Å². The maximum absolute atomic E-state index is 11.4. The molecular formula is C37H30O3S2. The maximum Gasteiger partial charge on any atom is 0.166 e. The molecule has 0 saturated heterocycles. The summed E-state index contributed by atoms with van der Waals surface area (Å²) in [6, 6.07) is 47.3. The second kappa shape index (κ2) is 11.6. The van der Waals surface area contributed by atoms with E-state index in [-0.39, 0.29) is 15.8 Å². The van der Waals surface area contributed by atoms with Crippen LogP contribution in [0.25, 0.3) is 32.3 Å². The van der Waals surface area contributed by atoms with Gasteiger partial charge in [0, 0.05) is 5.39 Å². The fourth-order valence-electron chi connectivity index (χ4n) is 5.44. The Morgan fingerprint density at radius 1 is 0.524 bits per heavy atom. The normalized spacial score (nSPS) is 11.8. The van der Waals surface area contributed by atoms with Gasteiger partial charge in [0.05, 0.1) is 15.8 Å². The first-order valence-electron chi connectivity index (χ1n) is 13.9. The lowest BCUT2D eigenvalue weighted by Gasteiger charge is -2.15. The summed E-state index contributed by atoms with van der Waals surface area (Å²) in [7, 11) is -4.51. The van der Waals surface area contributed by atoms with E-state index in [0.29, 0.717) is 11.3 Å². The molecule has 0 atom stereocenters. The van der Waals surface area contributed by atoms with Crippen LogP contribution in [-0.4, -0.2) is 13.0 Å². The molecule has 0 heterocycles. The van der Waals surface area contributed by atoms with Crippen molar-refractivity contribution in [2.75, 3.05) is 0 Å². The highest BCUT2D eigenvalue weighted by atomic mass is 32.2. The molecule has 0 fully saturated rings. The second-order valence-electron chi connectivity index (χ2n) is 10.5. The van der Waals surface area contributed by atoms with Gasteiger partial charge in [0.2, 0.25) is 0 Å². The Labute approximate surface area is 249 Å². The fourth-order valence-corrected chi connectivity index (χ4v) is 8.19. The molecule has 0 amide bonds. The van der Waals surface area contributed by atoms with Gasteiger partial charge in [-0.25, -0.2) is 8.42 Å². The predicted molar refractivity (Wildman–Crippen MR) is 174 cm³/mol. The quantitative estimate of drug-likeness (QED) is 0.115. The molecule has 0 unspecified atom stereocenters. The van der Waals surface area contributed by atoms with Crippen LogP contribution in [0.15, 0.2) is 159 Å². The Bertz CT molecular complexity index is 2020. The average Bonchev–Trinajstić information content (AvgIpc) is 3.01. The van der Waals surface area contributed by atoms with Crippen LogP contribution in [0.4, 0.5) is 0 Å². The molecule has 0 aliphatic carbocycles. The van der Waals surface area contributed by atoms with Crippen molar-refractivity contribution in [1.82, 2.24) is 0 Å². The van der Waals surface area contributed by atoms with Gasteiger partial charge in [0.25, 0.3) is 0 Å². The van der Waals surface area contributed by atoms with Crippen molar-refractivity contribution < 1.29 is 13.0 Å². The first-order valence-corrected chi connectivity index (χ1v) is 16.5. The van der Waals surface area contributed by atoms with Crippen LogP contribution in [0.3, 0.4) is 0 Å². The minimum absolute atomic E-state index is 0.0361. The predicted octanol–water partition coefficient (Wildman–Crippen LogP) is 9.39. The van der Waals surface area contributed by atoms with Gasteiger partial charge >= 0.3 is 0 Å². The van der Waals surface area contributed by atoms with Gasteiger partial charge in [-0.05, 0) is 80.9 Å². The van der Waals surface area contributed by atoms with Gasteiger partial charge in [-0.15, -0.1) is 0 Å². The third-order valence-corrected chi connectivity index (χ3v) is 10.6. The Balaban J connectivity index is 0.000000151. The van der Waals surface area contributed by atoms with Crippen LogP contribution in [0.2, 0.25) is 0 Å². The van der Waals surface area contributed by atoms with Crippen LogP contribution in [0.5, 0.6) is 0 Å². The highest BCUT2D eigenvalue weighted by Gasteiger charge is 2.28. The van der Waals surface area contributed by atoms with Gasteiger partial charge in [0.1, 0.15) is 10.1 Å². The Morgan fingerprint density at radius 3 is 1.52 bits per heavy atom. The fraction of sp³-hybridized carbons (Fsp3) is 0.0811. The minimum Gasteiger partial charge on any atom is -0.744 e. The molecule has 0 aliphatic rings. The molecule has 7 aromatic carbocycles. The Morgan fingerprint density at radius 2 is 1.00 bits per heavy atom. The average molecular weight is 587 g/mol. The van der Waals surface area contributed by atoms with Crippen LogP contribution in [0.1, 0.15) is 25.3 Å². The number of hydrogen-bond acceptors (Lipinski definition) is 3. The van der Waals surface area contributed by atoms with E-state index in [1.165, 1.54) is 26.3 Å². The summed E-state index contributed by atoms with van der Waals surface area (Å²) in [6.07, 6.45) is 0. The van der Waals surface area contributed by atoms with Crippen molar-refractivity contribution in [3.8, 4) is 0 Å². The van der Waals surface area contributed by atoms with Crippen LogP contribution >= 0.6 is 0 Å². The molecule has 42 heavy (non-hydrogen) atoms. The number of rotatable bonds is 5. The van der Waals surface area contributed by atoms with E-state index in [0.717, 1.165) is 26.9 Å². The van der Waals surface area contributed by atoms with E-state index >= 15 is 0 Å². The topological polar surface area (TPSA) is 57.2 Å². The molecule has 3 nitrogen and oxygen atoms in total. The van der Waals surface area contributed by atoms with Gasteiger partial charge in [-0.1, -0.05) is 111 Å². The van der Waals surface area contributed by atoms with Crippen LogP contribution in [0, 0.1) is 0 Å². The van der Waals surface area contributed by atoms with Gasteiger partial charge in [0.15, 0.2) is 14.7 Å². The van der Waals surface area contributed by atoms with E-state index in [1.54, 1.807) is 12.1 Å². The summed E-state index contributed by atoms with van der Waals surface area (Å²) in [4.78, 5) is 3.96. The highest BCUT2D eigenvalue weighted by molar-refractivity contribution is 7.97. The smallest absolute Gasteiger partial charge is 0.166 e. The van der Waals surface area contributed by atoms with E-state index in [2.05, 4.69) is 98.8 Å². The molecule has 0 saturated carbocycles. The highest BCUT2D eigenvalue weighted by Crippen LogP contribution is 2.37. The lowest BCUT2D eigenvalue weighted by molar-refractivity contribution is 0.464. The van der Waals surface area contributed by atoms with Crippen molar-refractivity contribution in [2.24, 2.45) is 0 Å². The Hall–Kier alpha value is -4.16. The molecule has 0 aliphatic heterocycles. The summed E-state index contributed by atoms with van der Waals surface area (Å²) in [5.74, 6) is 0.573. The monoisotopic (exact) mass is 586 g/mol. The molecule has 0 N–H and O–H groups in total. The molecular weight excluding hydrogens is 557 g/mol. The molecule has 0 aromatic heterocycles. The summed E-state index contributed by atoms with van der Waals surface area (Å²) in [5, 5.41) is 5.38. The third-order valence-electron chi connectivity index (χ3n) is 7.50. The SMILES string of the molecule is CC(C)c1ccc([S+](c2ccccc2)c2ccccc2)cc1.O=S(=O)([O-])c1ccc2ccc3cccc4ccc1c2c34. The molecule has 208 valence electrons. The van der Waals surface area contributed by atoms with Crippen molar-refractivity contribution in [3.05, 3.63) is 145 Å². The van der Waals surface area contributed by atoms with E-state index in [4.69, 9.17) is 0 Å². The lowest BCUT2D eigenvalue weighted by atomic mass is 9.94. The van der Waals surface area contributed by atoms with E-state index < -0.39 is 10.1 Å². The number of hydrogen-bond donors (Lipinski definition) is 0. The first kappa shape index (κ1) is 28.0. The lowest BCUT2D eigenvalue weighted by Crippen LogP contribution is -2.04. The maximum atomic E-state index is 11.4. The van der Waals surface area contributed by atoms with E-state index in [1.807, 2.05) is 36.4 Å². The van der Waals surface area contributed by atoms with Gasteiger partial charge < -0.3 is 4.55 Å². The molecule has 0 spiro atoms. The minimum atomic E-state index is -4.48. The largest absolute Gasteiger partial charge is 0.744 e. The molecule has 7 rings (SSSR count). The zero-order valence-electron chi connectivity index (χ0n) is 23.4. The van der Waals surface area contributed by atoms with Crippen molar-refractivity contribution >= 4 is 53.3 Å². The van der Waals surface area contributed by atoms with Crippen molar-refractivity contribution in [3.63, 3.8) is 0 Å². The van der Waals surface area contributed by atoms with E-state index in [9.17, 15) is 13.0 Å².